The Balaban J connectivity index is 1.57. The summed E-state index contributed by atoms with van der Waals surface area (Å²) in [5.74, 6) is 0.679. The van der Waals surface area contributed by atoms with Crippen LogP contribution < -0.4 is 15.4 Å². The first-order chi connectivity index (χ1) is 13.5. The lowest BCUT2D eigenvalue weighted by molar-refractivity contribution is 0.0790. The summed E-state index contributed by atoms with van der Waals surface area (Å²) < 4.78 is 5.14. The topological polar surface area (TPSA) is 70.7 Å². The van der Waals surface area contributed by atoms with Crippen molar-refractivity contribution in [1.29, 1.82) is 0 Å². The monoisotopic (exact) mass is 395 g/mol. The van der Waals surface area contributed by atoms with Crippen LogP contribution in [0.15, 0.2) is 66.7 Å². The lowest BCUT2D eigenvalue weighted by Gasteiger charge is -2.16. The molecule has 1 aromatic heterocycles. The number of hydrogen-bond donors (Lipinski definition) is 2. The van der Waals surface area contributed by atoms with E-state index in [1.807, 2.05) is 42.5 Å². The summed E-state index contributed by atoms with van der Waals surface area (Å²) in [5, 5.41) is 6.10. The van der Waals surface area contributed by atoms with Crippen molar-refractivity contribution in [3.05, 3.63) is 77.2 Å². The number of carbonyl (C=O) groups excluding carboxylic acids is 2. The van der Waals surface area contributed by atoms with Gasteiger partial charge in [-0.05, 0) is 42.0 Å². The average Bonchev–Trinajstić information content (AvgIpc) is 3.17. The third-order valence-electron chi connectivity index (χ3n) is 4.01. The number of nitrogens with zero attached hydrogens (tertiary/aromatic N) is 1. The number of thiophene rings is 1. The molecule has 2 aromatic carbocycles. The van der Waals surface area contributed by atoms with E-state index in [2.05, 4.69) is 10.6 Å². The number of anilines is 2. The molecule has 1 heterocycles. The molecular weight excluding hydrogens is 374 g/mol. The minimum atomic E-state index is -0.348. The highest BCUT2D eigenvalue weighted by Gasteiger charge is 2.15. The lowest BCUT2D eigenvalue weighted by Crippen LogP contribution is -2.25. The Labute approximate surface area is 167 Å². The zero-order valence-corrected chi connectivity index (χ0v) is 16.5. The highest BCUT2D eigenvalue weighted by Crippen LogP contribution is 2.24. The smallest absolute Gasteiger partial charge is 0.324 e. The van der Waals surface area contributed by atoms with Crippen LogP contribution in [0.3, 0.4) is 0 Å². The van der Waals surface area contributed by atoms with E-state index >= 15 is 0 Å². The van der Waals surface area contributed by atoms with Crippen molar-refractivity contribution in [3.8, 4) is 5.75 Å². The van der Waals surface area contributed by atoms with Gasteiger partial charge in [-0.2, -0.15) is 0 Å². The van der Waals surface area contributed by atoms with Crippen molar-refractivity contribution in [2.45, 2.75) is 6.54 Å². The minimum absolute atomic E-state index is 0.0997. The second-order valence-corrected chi connectivity index (χ2v) is 7.20. The molecule has 0 aliphatic rings. The fraction of sp³-hybridized carbons (Fsp3) is 0.143. The molecule has 144 valence electrons. The first-order valence-electron chi connectivity index (χ1n) is 8.66. The Morgan fingerprint density at radius 1 is 0.964 bits per heavy atom. The van der Waals surface area contributed by atoms with Gasteiger partial charge in [0.1, 0.15) is 5.75 Å². The summed E-state index contributed by atoms with van der Waals surface area (Å²) in [6.07, 6.45) is 0. The largest absolute Gasteiger partial charge is 0.497 e. The molecule has 0 unspecified atom stereocenters. The Morgan fingerprint density at radius 3 is 2.36 bits per heavy atom. The maximum atomic E-state index is 12.6. The van der Waals surface area contributed by atoms with Gasteiger partial charge in [0, 0.05) is 19.3 Å². The molecule has 3 aromatic rings. The lowest BCUT2D eigenvalue weighted by atomic mass is 10.2. The predicted molar refractivity (Wildman–Crippen MR) is 112 cm³/mol. The van der Waals surface area contributed by atoms with E-state index in [1.165, 1.54) is 11.3 Å². The number of ether oxygens (including phenoxy) is 1. The molecule has 0 radical (unpaired) electrons. The Hall–Kier alpha value is -3.32. The number of para-hydroxylation sites is 1. The third-order valence-corrected chi connectivity index (χ3v) is 5.00. The maximum absolute atomic E-state index is 12.6. The second-order valence-electron chi connectivity index (χ2n) is 6.12. The van der Waals surface area contributed by atoms with Crippen LogP contribution in [0.2, 0.25) is 0 Å². The van der Waals surface area contributed by atoms with Gasteiger partial charge in [-0.15, -0.1) is 11.3 Å². The number of rotatable bonds is 6. The van der Waals surface area contributed by atoms with Crippen LogP contribution in [0.25, 0.3) is 0 Å². The van der Waals surface area contributed by atoms with E-state index < -0.39 is 0 Å². The third kappa shape index (κ3) is 5.11. The number of methoxy groups -OCH3 is 1. The van der Waals surface area contributed by atoms with Crippen molar-refractivity contribution >= 4 is 34.0 Å². The van der Waals surface area contributed by atoms with Gasteiger partial charge in [-0.3, -0.25) is 10.1 Å². The zero-order valence-electron chi connectivity index (χ0n) is 15.6. The van der Waals surface area contributed by atoms with Crippen molar-refractivity contribution in [1.82, 2.24) is 4.90 Å². The average molecular weight is 395 g/mol. The number of urea groups is 1. The summed E-state index contributed by atoms with van der Waals surface area (Å²) in [4.78, 5) is 26.9. The van der Waals surface area contributed by atoms with E-state index in [-0.39, 0.29) is 11.9 Å². The first kappa shape index (κ1) is 19.4. The van der Waals surface area contributed by atoms with Crippen molar-refractivity contribution in [2.75, 3.05) is 24.8 Å². The van der Waals surface area contributed by atoms with Gasteiger partial charge < -0.3 is 15.0 Å². The van der Waals surface area contributed by atoms with Gasteiger partial charge in [0.2, 0.25) is 0 Å². The van der Waals surface area contributed by atoms with Gasteiger partial charge in [0.15, 0.2) is 0 Å². The molecule has 6 nitrogen and oxygen atoms in total. The van der Waals surface area contributed by atoms with Crippen LogP contribution in [0.5, 0.6) is 5.75 Å². The highest BCUT2D eigenvalue weighted by atomic mass is 32.1. The van der Waals surface area contributed by atoms with Crippen LogP contribution in [0, 0.1) is 0 Å². The Bertz CT molecular complexity index is 939. The minimum Gasteiger partial charge on any atom is -0.497 e. The molecule has 3 amide bonds. The molecule has 0 saturated heterocycles. The molecule has 0 aliphatic heterocycles. The molecule has 0 saturated carbocycles. The van der Waals surface area contributed by atoms with Crippen LogP contribution in [-0.4, -0.2) is 31.0 Å². The van der Waals surface area contributed by atoms with Crippen LogP contribution >= 0.6 is 11.3 Å². The number of carbonyl (C=O) groups is 2. The summed E-state index contributed by atoms with van der Waals surface area (Å²) >= 11 is 1.24. The van der Waals surface area contributed by atoms with Crippen LogP contribution in [0.1, 0.15) is 15.2 Å². The molecule has 7 heteroatoms. The summed E-state index contributed by atoms with van der Waals surface area (Å²) in [6.45, 7) is 0.484. The SMILES string of the molecule is COc1ccc(CN(C)C(=O)c2ccc(NC(=O)Nc3ccccc3)s2)cc1. The van der Waals surface area contributed by atoms with Crippen LogP contribution in [-0.2, 0) is 6.54 Å². The van der Waals surface area contributed by atoms with Gasteiger partial charge in [0.25, 0.3) is 5.91 Å². The molecular formula is C21H21N3O3S. The molecule has 0 spiro atoms. The van der Waals surface area contributed by atoms with Gasteiger partial charge in [0.05, 0.1) is 17.0 Å². The quantitative estimate of drug-likeness (QED) is 0.637. The first-order valence-corrected chi connectivity index (χ1v) is 9.48. The molecule has 0 fully saturated rings. The summed E-state index contributed by atoms with van der Waals surface area (Å²) in [6, 6.07) is 19.9. The molecule has 0 bridgehead atoms. The van der Waals surface area contributed by atoms with Crippen LogP contribution in [0.4, 0.5) is 15.5 Å². The van der Waals surface area contributed by atoms with E-state index in [0.29, 0.717) is 22.1 Å². The van der Waals surface area contributed by atoms with E-state index in [4.69, 9.17) is 4.74 Å². The molecule has 0 atom stereocenters. The number of nitrogens with one attached hydrogen (secondary N) is 2. The fourth-order valence-corrected chi connectivity index (χ4v) is 3.48. The van der Waals surface area contributed by atoms with E-state index in [0.717, 1.165) is 11.3 Å². The van der Waals surface area contributed by atoms with Gasteiger partial charge >= 0.3 is 6.03 Å². The molecule has 0 aliphatic carbocycles. The van der Waals surface area contributed by atoms with E-state index in [1.54, 1.807) is 43.3 Å². The Kier molecular flexibility index (Phi) is 6.29. The standard InChI is InChI=1S/C21H21N3O3S/c1-24(14-15-8-10-17(27-2)11-9-15)20(25)18-12-13-19(28-18)23-21(26)22-16-6-4-3-5-7-16/h3-13H,14H2,1-2H3,(H2,22,23,26). The second kappa shape index (κ2) is 9.05. The van der Waals surface area contributed by atoms with Crippen molar-refractivity contribution in [2.24, 2.45) is 0 Å². The summed E-state index contributed by atoms with van der Waals surface area (Å²) in [7, 11) is 3.37. The van der Waals surface area contributed by atoms with Gasteiger partial charge in [-0.1, -0.05) is 30.3 Å². The van der Waals surface area contributed by atoms with E-state index in [9.17, 15) is 9.59 Å². The molecule has 3 rings (SSSR count). The number of amides is 3. The zero-order chi connectivity index (χ0) is 19.9. The normalized spacial score (nSPS) is 10.2. The van der Waals surface area contributed by atoms with Gasteiger partial charge in [-0.25, -0.2) is 4.79 Å². The highest BCUT2D eigenvalue weighted by molar-refractivity contribution is 7.18. The summed E-state index contributed by atoms with van der Waals surface area (Å²) in [5.41, 5.74) is 1.71. The van der Waals surface area contributed by atoms with Crippen molar-refractivity contribution in [3.63, 3.8) is 0 Å². The predicted octanol–water partition coefficient (Wildman–Crippen LogP) is 4.67. The Morgan fingerprint density at radius 2 is 1.68 bits per heavy atom. The number of hydrogen-bond acceptors (Lipinski definition) is 4. The molecule has 28 heavy (non-hydrogen) atoms. The maximum Gasteiger partial charge on any atom is 0.324 e. The molecule has 2 N–H and O–H groups in total. The van der Waals surface area contributed by atoms with Crippen molar-refractivity contribution < 1.29 is 14.3 Å². The number of benzene rings is 2. The fourth-order valence-electron chi connectivity index (χ4n) is 2.58.